The Kier molecular flexibility index (Phi) is 3.25. The van der Waals surface area contributed by atoms with Crippen molar-refractivity contribution < 1.29 is 19.7 Å². The van der Waals surface area contributed by atoms with E-state index in [9.17, 15) is 10.2 Å². The van der Waals surface area contributed by atoms with Gasteiger partial charge in [-0.2, -0.15) is 0 Å². The number of hydrogen-bond acceptors (Lipinski definition) is 4. The van der Waals surface area contributed by atoms with Crippen LogP contribution < -0.4 is 0 Å². The summed E-state index contributed by atoms with van der Waals surface area (Å²) in [6, 6.07) is 6.96. The minimum atomic E-state index is -2.09. The van der Waals surface area contributed by atoms with Crippen LogP contribution >= 0.6 is 0 Å². The zero-order valence-electron chi connectivity index (χ0n) is 9.22. The van der Waals surface area contributed by atoms with E-state index < -0.39 is 12.1 Å². The Bertz CT molecular complexity index is 339. The summed E-state index contributed by atoms with van der Waals surface area (Å²) in [7, 11) is 0. The summed E-state index contributed by atoms with van der Waals surface area (Å²) in [4.78, 5) is 0. The molecule has 0 aromatic heterocycles. The average molecular weight is 224 g/mol. The molecule has 1 aromatic carbocycles. The van der Waals surface area contributed by atoms with Gasteiger partial charge in [0.2, 0.25) is 12.1 Å². The van der Waals surface area contributed by atoms with E-state index in [2.05, 4.69) is 0 Å². The van der Waals surface area contributed by atoms with Gasteiger partial charge < -0.3 is 19.7 Å². The molecule has 2 N–H and O–H groups in total. The molecule has 1 aliphatic rings. The van der Waals surface area contributed by atoms with E-state index >= 15 is 0 Å². The van der Waals surface area contributed by atoms with Crippen LogP contribution in [0.15, 0.2) is 24.3 Å². The van der Waals surface area contributed by atoms with Crippen molar-refractivity contribution in [3.8, 4) is 0 Å². The molecule has 88 valence electrons. The van der Waals surface area contributed by atoms with Gasteiger partial charge in [-0.05, 0) is 13.3 Å². The van der Waals surface area contributed by atoms with E-state index in [0.29, 0.717) is 18.8 Å². The predicted molar refractivity (Wildman–Crippen MR) is 57.6 cm³/mol. The summed E-state index contributed by atoms with van der Waals surface area (Å²) in [5, 5.41) is 20.0. The molecule has 4 nitrogen and oxygen atoms in total. The highest BCUT2D eigenvalue weighted by Gasteiger charge is 2.39. The van der Waals surface area contributed by atoms with Crippen LogP contribution in [0, 0.1) is 6.92 Å². The predicted octanol–water partition coefficient (Wildman–Crippen LogP) is 0.895. The Morgan fingerprint density at radius 2 is 1.69 bits per heavy atom. The fourth-order valence-electron chi connectivity index (χ4n) is 1.66. The van der Waals surface area contributed by atoms with Crippen LogP contribution in [0.5, 0.6) is 0 Å². The molecule has 0 bridgehead atoms. The quantitative estimate of drug-likeness (QED) is 0.733. The molecule has 1 saturated heterocycles. The summed E-state index contributed by atoms with van der Waals surface area (Å²) >= 11 is 0. The second-order valence-electron chi connectivity index (χ2n) is 4.02. The Labute approximate surface area is 94.4 Å². The van der Waals surface area contributed by atoms with E-state index in [1.807, 2.05) is 19.1 Å². The molecule has 0 radical (unpaired) electrons. The van der Waals surface area contributed by atoms with Gasteiger partial charge in [0, 0.05) is 5.56 Å². The van der Waals surface area contributed by atoms with E-state index in [0.717, 1.165) is 12.0 Å². The first-order valence-corrected chi connectivity index (χ1v) is 5.36. The Balaban J connectivity index is 2.19. The molecular weight excluding hydrogens is 208 g/mol. The highest BCUT2D eigenvalue weighted by molar-refractivity contribution is 5.25. The summed E-state index contributed by atoms with van der Waals surface area (Å²) in [6.07, 6.45) is -0.232. The molecule has 1 aliphatic heterocycles. The molecule has 0 unspecified atom stereocenters. The summed E-state index contributed by atoms with van der Waals surface area (Å²) in [5.41, 5.74) is 1.44. The standard InChI is InChI=1S/C12H16O4/c1-9-3-5-10(6-4-9)12(13,14)11-15-7-2-8-16-11/h3-6,11,13-14H,2,7-8H2,1H3. The summed E-state index contributed by atoms with van der Waals surface area (Å²) < 4.78 is 10.4. The number of hydrogen-bond donors (Lipinski definition) is 2. The van der Waals surface area contributed by atoms with Gasteiger partial charge in [0.05, 0.1) is 13.2 Å². The van der Waals surface area contributed by atoms with Crippen molar-refractivity contribution in [2.75, 3.05) is 13.2 Å². The van der Waals surface area contributed by atoms with Crippen LogP contribution in [0.1, 0.15) is 17.5 Å². The summed E-state index contributed by atoms with van der Waals surface area (Å²) in [5.74, 6) is -2.09. The van der Waals surface area contributed by atoms with Crippen LogP contribution in [0.3, 0.4) is 0 Å². The zero-order valence-corrected chi connectivity index (χ0v) is 9.22. The Morgan fingerprint density at radius 3 is 2.25 bits per heavy atom. The van der Waals surface area contributed by atoms with E-state index in [-0.39, 0.29) is 0 Å². The van der Waals surface area contributed by atoms with Crippen LogP contribution in [-0.2, 0) is 15.3 Å². The van der Waals surface area contributed by atoms with Gasteiger partial charge in [-0.1, -0.05) is 29.8 Å². The van der Waals surface area contributed by atoms with Crippen molar-refractivity contribution in [1.29, 1.82) is 0 Å². The molecule has 16 heavy (non-hydrogen) atoms. The molecule has 1 heterocycles. The smallest absolute Gasteiger partial charge is 0.243 e. The first-order chi connectivity index (χ1) is 7.60. The maximum atomic E-state index is 10.0. The van der Waals surface area contributed by atoms with Crippen molar-refractivity contribution in [2.24, 2.45) is 0 Å². The van der Waals surface area contributed by atoms with E-state index in [1.165, 1.54) is 0 Å². The molecule has 0 atom stereocenters. The van der Waals surface area contributed by atoms with Gasteiger partial charge in [0.1, 0.15) is 0 Å². The van der Waals surface area contributed by atoms with E-state index in [4.69, 9.17) is 9.47 Å². The molecule has 0 saturated carbocycles. The Morgan fingerprint density at radius 1 is 1.12 bits per heavy atom. The van der Waals surface area contributed by atoms with Crippen LogP contribution in [0.4, 0.5) is 0 Å². The molecule has 2 rings (SSSR count). The third kappa shape index (κ3) is 2.25. The lowest BCUT2D eigenvalue weighted by atomic mass is 10.0. The van der Waals surface area contributed by atoms with Crippen LogP contribution in [0.25, 0.3) is 0 Å². The molecular formula is C12H16O4. The van der Waals surface area contributed by atoms with Crippen LogP contribution in [0.2, 0.25) is 0 Å². The second-order valence-corrected chi connectivity index (χ2v) is 4.02. The number of rotatable bonds is 2. The number of aliphatic hydroxyl groups is 2. The summed E-state index contributed by atoms with van der Waals surface area (Å²) in [6.45, 7) is 2.91. The average Bonchev–Trinajstić information content (AvgIpc) is 2.31. The monoisotopic (exact) mass is 224 g/mol. The number of aryl methyl sites for hydroxylation is 1. The van der Waals surface area contributed by atoms with E-state index in [1.54, 1.807) is 12.1 Å². The van der Waals surface area contributed by atoms with Crippen molar-refractivity contribution in [3.63, 3.8) is 0 Å². The third-order valence-electron chi connectivity index (χ3n) is 2.63. The molecule has 1 fully saturated rings. The maximum Gasteiger partial charge on any atom is 0.243 e. The third-order valence-corrected chi connectivity index (χ3v) is 2.63. The lowest BCUT2D eigenvalue weighted by Crippen LogP contribution is -2.45. The molecule has 1 aromatic rings. The van der Waals surface area contributed by atoms with Gasteiger partial charge >= 0.3 is 0 Å². The molecule has 0 aliphatic carbocycles. The minimum absolute atomic E-state index is 0.380. The lowest BCUT2D eigenvalue weighted by molar-refractivity contribution is -0.341. The lowest BCUT2D eigenvalue weighted by Gasteiger charge is -2.33. The van der Waals surface area contributed by atoms with Crippen LogP contribution in [-0.4, -0.2) is 29.7 Å². The second kappa shape index (κ2) is 4.51. The Hall–Kier alpha value is -0.940. The molecule has 0 spiro atoms. The molecule has 4 heteroatoms. The maximum absolute atomic E-state index is 10.0. The van der Waals surface area contributed by atoms with Gasteiger partial charge in [0.15, 0.2) is 0 Å². The number of benzene rings is 1. The van der Waals surface area contributed by atoms with Crippen molar-refractivity contribution in [2.45, 2.75) is 25.4 Å². The number of ether oxygens (including phenoxy) is 2. The largest absolute Gasteiger partial charge is 0.358 e. The fraction of sp³-hybridized carbons (Fsp3) is 0.500. The zero-order chi connectivity index (χ0) is 11.6. The van der Waals surface area contributed by atoms with Gasteiger partial charge in [-0.25, -0.2) is 0 Å². The van der Waals surface area contributed by atoms with Crippen molar-refractivity contribution in [1.82, 2.24) is 0 Å². The van der Waals surface area contributed by atoms with Crippen molar-refractivity contribution >= 4 is 0 Å². The fourth-order valence-corrected chi connectivity index (χ4v) is 1.66. The normalized spacial score (nSPS) is 18.7. The first-order valence-electron chi connectivity index (χ1n) is 5.36. The van der Waals surface area contributed by atoms with Gasteiger partial charge in [-0.15, -0.1) is 0 Å². The molecule has 0 amide bonds. The van der Waals surface area contributed by atoms with Crippen molar-refractivity contribution in [3.05, 3.63) is 35.4 Å². The first kappa shape index (κ1) is 11.5. The highest BCUT2D eigenvalue weighted by atomic mass is 16.7. The topological polar surface area (TPSA) is 58.9 Å². The SMILES string of the molecule is Cc1ccc(C(O)(O)C2OCCCO2)cc1. The minimum Gasteiger partial charge on any atom is -0.358 e. The van der Waals surface area contributed by atoms with Gasteiger partial charge in [0.25, 0.3) is 0 Å². The highest BCUT2D eigenvalue weighted by Crippen LogP contribution is 2.27. The van der Waals surface area contributed by atoms with Gasteiger partial charge in [-0.3, -0.25) is 0 Å².